The highest BCUT2D eigenvalue weighted by Gasteiger charge is 2.12. The summed E-state index contributed by atoms with van der Waals surface area (Å²) in [6, 6.07) is 6.69. The molecular formula is C10H14O3S. The van der Waals surface area contributed by atoms with Gasteiger partial charge in [-0.25, -0.2) is 8.42 Å². The molecule has 1 aromatic carbocycles. The summed E-state index contributed by atoms with van der Waals surface area (Å²) in [6.07, 6.45) is 1.21. The number of aromatic hydroxyl groups is 1. The minimum atomic E-state index is -2.97. The fourth-order valence-electron chi connectivity index (χ4n) is 1.38. The van der Waals surface area contributed by atoms with Gasteiger partial charge in [-0.3, -0.25) is 0 Å². The molecule has 0 saturated carbocycles. The number of hydrogen-bond donors (Lipinski definition) is 1. The van der Waals surface area contributed by atoms with Crippen LogP contribution < -0.4 is 0 Å². The van der Waals surface area contributed by atoms with E-state index in [1.165, 1.54) is 6.26 Å². The number of phenols is 1. The Morgan fingerprint density at radius 3 is 2.57 bits per heavy atom. The fourth-order valence-corrected chi connectivity index (χ4v) is 2.48. The van der Waals surface area contributed by atoms with Gasteiger partial charge in [0, 0.05) is 6.26 Å². The summed E-state index contributed by atoms with van der Waals surface area (Å²) in [5.41, 5.74) is 0.843. The standard InChI is InChI=1S/C10H14O3S/c1-8(7-14(2,12)13)9-4-3-5-10(11)6-9/h3-6,8,11H,7H2,1-2H3. The summed E-state index contributed by atoms with van der Waals surface area (Å²) >= 11 is 0. The number of phenolic OH excluding ortho intramolecular Hbond substituents is 1. The summed E-state index contributed by atoms with van der Waals surface area (Å²) < 4.78 is 22.1. The predicted octanol–water partition coefficient (Wildman–Crippen LogP) is 1.54. The summed E-state index contributed by atoms with van der Waals surface area (Å²) in [4.78, 5) is 0. The van der Waals surface area contributed by atoms with E-state index in [-0.39, 0.29) is 17.4 Å². The van der Waals surface area contributed by atoms with Crippen LogP contribution in [0.4, 0.5) is 0 Å². The first-order valence-electron chi connectivity index (χ1n) is 4.35. The first-order valence-corrected chi connectivity index (χ1v) is 6.41. The van der Waals surface area contributed by atoms with Crippen LogP contribution in [0, 0.1) is 0 Å². The molecular weight excluding hydrogens is 200 g/mol. The van der Waals surface area contributed by atoms with E-state index >= 15 is 0 Å². The third-order valence-electron chi connectivity index (χ3n) is 1.99. The van der Waals surface area contributed by atoms with Crippen molar-refractivity contribution in [3.63, 3.8) is 0 Å². The lowest BCUT2D eigenvalue weighted by Gasteiger charge is -2.10. The Hall–Kier alpha value is -1.03. The second-order valence-electron chi connectivity index (χ2n) is 3.59. The quantitative estimate of drug-likeness (QED) is 0.830. The first-order chi connectivity index (χ1) is 6.38. The lowest BCUT2D eigenvalue weighted by atomic mass is 10.0. The molecule has 0 saturated heterocycles. The van der Waals surface area contributed by atoms with Crippen LogP contribution in [0.25, 0.3) is 0 Å². The molecule has 1 atom stereocenters. The van der Waals surface area contributed by atoms with Crippen molar-refractivity contribution in [2.45, 2.75) is 12.8 Å². The van der Waals surface area contributed by atoms with Crippen molar-refractivity contribution >= 4 is 9.84 Å². The van der Waals surface area contributed by atoms with Crippen molar-refractivity contribution in [2.75, 3.05) is 12.0 Å². The topological polar surface area (TPSA) is 54.4 Å². The number of sulfone groups is 1. The average molecular weight is 214 g/mol. The normalized spacial score (nSPS) is 13.9. The fraction of sp³-hybridized carbons (Fsp3) is 0.400. The third-order valence-corrected chi connectivity index (χ3v) is 3.10. The average Bonchev–Trinajstić information content (AvgIpc) is 2.01. The molecule has 0 aliphatic heterocycles. The lowest BCUT2D eigenvalue weighted by molar-refractivity contribution is 0.474. The smallest absolute Gasteiger partial charge is 0.148 e. The number of benzene rings is 1. The molecule has 3 nitrogen and oxygen atoms in total. The van der Waals surface area contributed by atoms with Gasteiger partial charge in [-0.05, 0) is 23.6 Å². The van der Waals surface area contributed by atoms with E-state index in [1.54, 1.807) is 18.2 Å². The van der Waals surface area contributed by atoms with Crippen molar-refractivity contribution in [1.29, 1.82) is 0 Å². The van der Waals surface area contributed by atoms with Crippen molar-refractivity contribution in [3.05, 3.63) is 29.8 Å². The van der Waals surface area contributed by atoms with Crippen LogP contribution in [0.3, 0.4) is 0 Å². The Morgan fingerprint density at radius 1 is 1.43 bits per heavy atom. The maximum atomic E-state index is 11.0. The van der Waals surface area contributed by atoms with Gasteiger partial charge in [-0.15, -0.1) is 0 Å². The van der Waals surface area contributed by atoms with E-state index in [0.29, 0.717) is 0 Å². The molecule has 0 bridgehead atoms. The SMILES string of the molecule is CC(CS(C)(=O)=O)c1cccc(O)c1. The van der Waals surface area contributed by atoms with Crippen molar-refractivity contribution < 1.29 is 13.5 Å². The minimum Gasteiger partial charge on any atom is -0.508 e. The molecule has 1 N–H and O–H groups in total. The third kappa shape index (κ3) is 3.38. The Labute approximate surface area is 84.3 Å². The highest BCUT2D eigenvalue weighted by molar-refractivity contribution is 7.90. The molecule has 1 rings (SSSR count). The van der Waals surface area contributed by atoms with E-state index < -0.39 is 9.84 Å². The molecule has 1 aromatic rings. The van der Waals surface area contributed by atoms with Crippen LogP contribution in [-0.2, 0) is 9.84 Å². The summed E-state index contributed by atoms with van der Waals surface area (Å²) in [5.74, 6) is 0.191. The Balaban J connectivity index is 2.85. The van der Waals surface area contributed by atoms with Gasteiger partial charge in [0.1, 0.15) is 15.6 Å². The molecule has 0 aromatic heterocycles. The zero-order valence-corrected chi connectivity index (χ0v) is 9.08. The molecule has 0 aliphatic carbocycles. The highest BCUT2D eigenvalue weighted by atomic mass is 32.2. The van der Waals surface area contributed by atoms with Gasteiger partial charge < -0.3 is 5.11 Å². The van der Waals surface area contributed by atoms with Crippen molar-refractivity contribution in [1.82, 2.24) is 0 Å². The maximum absolute atomic E-state index is 11.0. The van der Waals surface area contributed by atoms with Gasteiger partial charge >= 0.3 is 0 Å². The van der Waals surface area contributed by atoms with Gasteiger partial charge in [0.05, 0.1) is 5.75 Å². The molecule has 0 spiro atoms. The monoisotopic (exact) mass is 214 g/mol. The summed E-state index contributed by atoms with van der Waals surface area (Å²) in [5, 5.41) is 9.21. The molecule has 1 unspecified atom stereocenters. The molecule has 0 fully saturated rings. The summed E-state index contributed by atoms with van der Waals surface area (Å²) in [6.45, 7) is 1.83. The van der Waals surface area contributed by atoms with Crippen LogP contribution in [-0.4, -0.2) is 25.5 Å². The molecule has 0 aliphatic rings. The van der Waals surface area contributed by atoms with Crippen LogP contribution in [0.5, 0.6) is 5.75 Å². The largest absolute Gasteiger partial charge is 0.508 e. The van der Waals surface area contributed by atoms with Gasteiger partial charge in [0.15, 0.2) is 0 Å². The Bertz CT molecular complexity index is 409. The molecule has 0 radical (unpaired) electrons. The highest BCUT2D eigenvalue weighted by Crippen LogP contribution is 2.20. The van der Waals surface area contributed by atoms with E-state index in [4.69, 9.17) is 0 Å². The van der Waals surface area contributed by atoms with Crippen LogP contribution >= 0.6 is 0 Å². The summed E-state index contributed by atoms with van der Waals surface area (Å²) in [7, 11) is -2.97. The van der Waals surface area contributed by atoms with Crippen LogP contribution in [0.15, 0.2) is 24.3 Å². The Kier molecular flexibility index (Phi) is 3.16. The molecule has 14 heavy (non-hydrogen) atoms. The lowest BCUT2D eigenvalue weighted by Crippen LogP contribution is -2.10. The van der Waals surface area contributed by atoms with Gasteiger partial charge in [0.25, 0.3) is 0 Å². The zero-order valence-electron chi connectivity index (χ0n) is 8.27. The molecule has 78 valence electrons. The second kappa shape index (κ2) is 4.00. The van der Waals surface area contributed by atoms with Crippen molar-refractivity contribution in [3.8, 4) is 5.75 Å². The van der Waals surface area contributed by atoms with Gasteiger partial charge in [0.2, 0.25) is 0 Å². The number of rotatable bonds is 3. The Morgan fingerprint density at radius 2 is 2.07 bits per heavy atom. The van der Waals surface area contributed by atoms with E-state index in [1.807, 2.05) is 13.0 Å². The van der Waals surface area contributed by atoms with Gasteiger partial charge in [-0.1, -0.05) is 19.1 Å². The molecule has 0 amide bonds. The predicted molar refractivity (Wildman–Crippen MR) is 56.2 cm³/mol. The minimum absolute atomic E-state index is 0.0860. The van der Waals surface area contributed by atoms with E-state index in [0.717, 1.165) is 5.56 Å². The number of hydrogen-bond acceptors (Lipinski definition) is 3. The van der Waals surface area contributed by atoms with Gasteiger partial charge in [-0.2, -0.15) is 0 Å². The maximum Gasteiger partial charge on any atom is 0.148 e. The van der Waals surface area contributed by atoms with E-state index in [2.05, 4.69) is 0 Å². The molecule has 4 heteroatoms. The second-order valence-corrected chi connectivity index (χ2v) is 5.77. The van der Waals surface area contributed by atoms with Crippen LogP contribution in [0.2, 0.25) is 0 Å². The first kappa shape index (κ1) is 11.0. The van der Waals surface area contributed by atoms with E-state index in [9.17, 15) is 13.5 Å². The molecule has 0 heterocycles. The van der Waals surface area contributed by atoms with Crippen LogP contribution in [0.1, 0.15) is 18.4 Å². The zero-order chi connectivity index (χ0) is 10.8. The van der Waals surface area contributed by atoms with Crippen molar-refractivity contribution in [2.24, 2.45) is 0 Å².